The van der Waals surface area contributed by atoms with Crippen LogP contribution in [-0.2, 0) is 15.3 Å². The van der Waals surface area contributed by atoms with E-state index < -0.39 is 0 Å². The van der Waals surface area contributed by atoms with Gasteiger partial charge in [-0.2, -0.15) is 0 Å². The van der Waals surface area contributed by atoms with Crippen molar-refractivity contribution in [2.45, 2.75) is 37.1 Å². The maximum Gasteiger partial charge on any atom is 0.230 e. The Labute approximate surface area is 143 Å². The van der Waals surface area contributed by atoms with Gasteiger partial charge in [0.05, 0.1) is 5.75 Å². The summed E-state index contributed by atoms with van der Waals surface area (Å²) in [4.78, 5) is 14.6. The molecule has 4 nitrogen and oxygen atoms in total. The zero-order valence-electron chi connectivity index (χ0n) is 13.6. The molecule has 0 spiro atoms. The first-order chi connectivity index (χ1) is 11.3. The number of benzene rings is 1. The van der Waals surface area contributed by atoms with Gasteiger partial charge < -0.3 is 10.1 Å². The smallest absolute Gasteiger partial charge is 0.230 e. The van der Waals surface area contributed by atoms with Crippen molar-refractivity contribution in [2.24, 2.45) is 0 Å². The number of nitrogens with zero attached hydrogens (tertiary/aromatic N) is 1. The fraction of sp³-hybridized carbons (Fsp3) is 0.611. The molecule has 1 aromatic rings. The van der Waals surface area contributed by atoms with Crippen LogP contribution >= 0.6 is 11.8 Å². The zero-order valence-corrected chi connectivity index (χ0v) is 14.4. The standard InChI is InChI=1S/C18H26N2O2S/c21-18(14-23-13-15-4-2-1-3-5-15)19-16-6-9-20(12-16)17-7-10-22-11-8-17/h1-5,16-17H,6-14H2,(H,19,21). The minimum atomic E-state index is 0.171. The maximum atomic E-state index is 12.1. The summed E-state index contributed by atoms with van der Waals surface area (Å²) >= 11 is 1.68. The van der Waals surface area contributed by atoms with E-state index in [1.807, 2.05) is 18.2 Å². The SMILES string of the molecule is O=C(CSCc1ccccc1)NC1CCN(C2CCOCC2)C1. The highest BCUT2D eigenvalue weighted by Crippen LogP contribution is 2.20. The van der Waals surface area contributed by atoms with Crippen LogP contribution < -0.4 is 5.32 Å². The van der Waals surface area contributed by atoms with Gasteiger partial charge in [-0.25, -0.2) is 0 Å². The van der Waals surface area contributed by atoms with Crippen molar-refractivity contribution in [3.63, 3.8) is 0 Å². The lowest BCUT2D eigenvalue weighted by Crippen LogP contribution is -2.42. The Bertz CT molecular complexity index is 491. The quantitative estimate of drug-likeness (QED) is 0.867. The highest BCUT2D eigenvalue weighted by molar-refractivity contribution is 7.99. The van der Waals surface area contributed by atoms with E-state index in [9.17, 15) is 4.79 Å². The van der Waals surface area contributed by atoms with Gasteiger partial charge >= 0.3 is 0 Å². The second-order valence-electron chi connectivity index (χ2n) is 6.37. The van der Waals surface area contributed by atoms with Gasteiger partial charge in [0, 0.05) is 44.1 Å². The molecule has 126 valence electrons. The number of thioether (sulfide) groups is 1. The van der Waals surface area contributed by atoms with E-state index in [0.29, 0.717) is 17.8 Å². The summed E-state index contributed by atoms with van der Waals surface area (Å²) in [5.74, 6) is 1.61. The molecule has 0 aliphatic carbocycles. The molecule has 3 rings (SSSR count). The molecular weight excluding hydrogens is 308 g/mol. The first-order valence-corrected chi connectivity index (χ1v) is 9.69. The Morgan fingerprint density at radius 3 is 2.78 bits per heavy atom. The second kappa shape index (κ2) is 8.71. The topological polar surface area (TPSA) is 41.6 Å². The van der Waals surface area contributed by atoms with E-state index in [4.69, 9.17) is 4.74 Å². The van der Waals surface area contributed by atoms with Crippen LogP contribution in [0.1, 0.15) is 24.8 Å². The van der Waals surface area contributed by atoms with Crippen LogP contribution in [0, 0.1) is 0 Å². The van der Waals surface area contributed by atoms with Crippen molar-refractivity contribution in [1.29, 1.82) is 0 Å². The predicted molar refractivity (Wildman–Crippen MR) is 94.6 cm³/mol. The molecule has 2 fully saturated rings. The van der Waals surface area contributed by atoms with Gasteiger partial charge in [-0.05, 0) is 24.8 Å². The van der Waals surface area contributed by atoms with Crippen molar-refractivity contribution in [1.82, 2.24) is 10.2 Å². The highest BCUT2D eigenvalue weighted by atomic mass is 32.2. The molecule has 1 N–H and O–H groups in total. The van der Waals surface area contributed by atoms with Crippen LogP contribution in [0.25, 0.3) is 0 Å². The van der Waals surface area contributed by atoms with Crippen molar-refractivity contribution < 1.29 is 9.53 Å². The number of ether oxygens (including phenoxy) is 1. The first-order valence-electron chi connectivity index (χ1n) is 8.54. The number of rotatable bonds is 6. The monoisotopic (exact) mass is 334 g/mol. The molecule has 2 aliphatic rings. The fourth-order valence-corrected chi connectivity index (χ4v) is 4.19. The van der Waals surface area contributed by atoms with Crippen LogP contribution in [0.5, 0.6) is 0 Å². The van der Waals surface area contributed by atoms with Gasteiger partial charge in [0.25, 0.3) is 0 Å². The van der Waals surface area contributed by atoms with Gasteiger partial charge in [-0.1, -0.05) is 30.3 Å². The molecule has 2 heterocycles. The van der Waals surface area contributed by atoms with Crippen molar-refractivity contribution in [3.8, 4) is 0 Å². The molecule has 0 bridgehead atoms. The summed E-state index contributed by atoms with van der Waals surface area (Å²) in [6.45, 7) is 3.87. The number of hydrogen-bond donors (Lipinski definition) is 1. The Kier molecular flexibility index (Phi) is 6.37. The molecule has 23 heavy (non-hydrogen) atoms. The predicted octanol–water partition coefficient (Wildman–Crippen LogP) is 2.29. The molecule has 1 unspecified atom stereocenters. The third-order valence-corrected chi connectivity index (χ3v) is 5.64. The lowest BCUT2D eigenvalue weighted by atomic mass is 10.1. The average Bonchev–Trinajstić information content (AvgIpc) is 3.05. The minimum absolute atomic E-state index is 0.171. The van der Waals surface area contributed by atoms with Crippen LogP contribution in [-0.4, -0.2) is 54.9 Å². The van der Waals surface area contributed by atoms with Gasteiger partial charge in [-0.15, -0.1) is 11.8 Å². The van der Waals surface area contributed by atoms with E-state index in [2.05, 4.69) is 22.3 Å². The summed E-state index contributed by atoms with van der Waals surface area (Å²) in [5.41, 5.74) is 1.27. The molecule has 5 heteroatoms. The average molecular weight is 334 g/mol. The summed E-state index contributed by atoms with van der Waals surface area (Å²) < 4.78 is 5.43. The molecule has 1 atom stereocenters. The van der Waals surface area contributed by atoms with Gasteiger partial charge in [0.1, 0.15) is 0 Å². The molecule has 1 amide bonds. The molecule has 0 radical (unpaired) electrons. The van der Waals surface area contributed by atoms with E-state index in [-0.39, 0.29) is 5.91 Å². The van der Waals surface area contributed by atoms with Crippen molar-refractivity contribution >= 4 is 17.7 Å². The minimum Gasteiger partial charge on any atom is -0.381 e. The lowest BCUT2D eigenvalue weighted by Gasteiger charge is -2.31. The number of amides is 1. The van der Waals surface area contributed by atoms with Crippen LogP contribution in [0.3, 0.4) is 0 Å². The maximum absolute atomic E-state index is 12.1. The van der Waals surface area contributed by atoms with Crippen LogP contribution in [0.4, 0.5) is 0 Å². The Hall–Kier alpha value is -1.04. The van der Waals surface area contributed by atoms with Gasteiger partial charge in [-0.3, -0.25) is 9.69 Å². The van der Waals surface area contributed by atoms with E-state index in [0.717, 1.165) is 51.3 Å². The third-order valence-electron chi connectivity index (χ3n) is 4.64. The Balaban J connectivity index is 1.34. The lowest BCUT2D eigenvalue weighted by molar-refractivity contribution is -0.119. The number of likely N-dealkylation sites (tertiary alicyclic amines) is 1. The molecular formula is C18H26N2O2S. The van der Waals surface area contributed by atoms with Gasteiger partial charge in [0.2, 0.25) is 5.91 Å². The van der Waals surface area contributed by atoms with Crippen molar-refractivity contribution in [2.75, 3.05) is 32.1 Å². The van der Waals surface area contributed by atoms with E-state index in [1.54, 1.807) is 11.8 Å². The first kappa shape index (κ1) is 16.8. The molecule has 2 aliphatic heterocycles. The molecule has 0 saturated carbocycles. The molecule has 1 aromatic carbocycles. The summed E-state index contributed by atoms with van der Waals surface area (Å²) in [5, 5.41) is 3.20. The summed E-state index contributed by atoms with van der Waals surface area (Å²) in [6.07, 6.45) is 3.34. The molecule has 2 saturated heterocycles. The molecule has 0 aromatic heterocycles. The van der Waals surface area contributed by atoms with Crippen LogP contribution in [0.2, 0.25) is 0 Å². The number of nitrogens with one attached hydrogen (secondary N) is 1. The second-order valence-corrected chi connectivity index (χ2v) is 7.36. The number of carbonyl (C=O) groups excluding carboxylic acids is 1. The summed E-state index contributed by atoms with van der Waals surface area (Å²) in [6, 6.07) is 11.3. The number of hydrogen-bond acceptors (Lipinski definition) is 4. The normalized spacial score (nSPS) is 23.0. The van der Waals surface area contributed by atoms with E-state index >= 15 is 0 Å². The van der Waals surface area contributed by atoms with Gasteiger partial charge in [0.15, 0.2) is 0 Å². The Morgan fingerprint density at radius 2 is 2.00 bits per heavy atom. The highest BCUT2D eigenvalue weighted by Gasteiger charge is 2.29. The third kappa shape index (κ3) is 5.23. The van der Waals surface area contributed by atoms with E-state index in [1.165, 1.54) is 5.56 Å². The van der Waals surface area contributed by atoms with Crippen molar-refractivity contribution in [3.05, 3.63) is 35.9 Å². The number of carbonyl (C=O) groups is 1. The largest absolute Gasteiger partial charge is 0.381 e. The summed E-state index contributed by atoms with van der Waals surface area (Å²) in [7, 11) is 0. The van der Waals surface area contributed by atoms with Crippen LogP contribution in [0.15, 0.2) is 30.3 Å². The zero-order chi connectivity index (χ0) is 15.9. The Morgan fingerprint density at radius 1 is 1.22 bits per heavy atom. The fourth-order valence-electron chi connectivity index (χ4n) is 3.39.